The molecule has 0 aromatic heterocycles. The van der Waals surface area contributed by atoms with Gasteiger partial charge in [0.05, 0.1) is 4.92 Å². The third-order valence-electron chi connectivity index (χ3n) is 2.12. The molecule has 0 radical (unpaired) electrons. The third-order valence-corrected chi connectivity index (χ3v) is 2.43. The standard InChI is InChI=1S/C9H4ClF6NO2/c10-3-4-1-5(8(11,12)13)7(17(18)19)6(2-4)9(14,15)16/h1-2H,3H2. The van der Waals surface area contributed by atoms with Crippen LogP contribution in [0.25, 0.3) is 0 Å². The zero-order chi connectivity index (χ0) is 15.0. The molecule has 1 aromatic carbocycles. The molecule has 0 N–H and O–H groups in total. The van der Waals surface area contributed by atoms with Crippen LogP contribution in [0.4, 0.5) is 32.0 Å². The molecule has 0 aliphatic heterocycles. The van der Waals surface area contributed by atoms with Crippen LogP contribution in [0.1, 0.15) is 16.7 Å². The topological polar surface area (TPSA) is 43.1 Å². The first-order valence-corrected chi connectivity index (χ1v) is 5.03. The molecule has 106 valence electrons. The molecule has 0 atom stereocenters. The summed E-state index contributed by atoms with van der Waals surface area (Å²) in [6.07, 6.45) is -10.6. The molecule has 19 heavy (non-hydrogen) atoms. The molecule has 0 amide bonds. The predicted molar refractivity (Wildman–Crippen MR) is 52.7 cm³/mol. The van der Waals surface area contributed by atoms with E-state index >= 15 is 0 Å². The van der Waals surface area contributed by atoms with Crippen LogP contribution in [-0.4, -0.2) is 4.92 Å². The van der Waals surface area contributed by atoms with Crippen LogP contribution in [0.5, 0.6) is 0 Å². The van der Waals surface area contributed by atoms with Crippen LogP contribution in [0.2, 0.25) is 0 Å². The van der Waals surface area contributed by atoms with Gasteiger partial charge in [-0.1, -0.05) is 0 Å². The largest absolute Gasteiger partial charge is 0.423 e. The molecule has 3 nitrogen and oxygen atoms in total. The Bertz CT molecular complexity index is 475. The molecule has 0 saturated heterocycles. The molecular weight excluding hydrogens is 304 g/mol. The fourth-order valence-corrected chi connectivity index (χ4v) is 1.55. The second kappa shape index (κ2) is 4.87. The second-order valence-electron chi connectivity index (χ2n) is 3.43. The van der Waals surface area contributed by atoms with Crippen molar-refractivity contribution in [3.63, 3.8) is 0 Å². The van der Waals surface area contributed by atoms with Crippen LogP contribution >= 0.6 is 11.6 Å². The summed E-state index contributed by atoms with van der Waals surface area (Å²) >= 11 is 5.20. The molecule has 0 aliphatic carbocycles. The summed E-state index contributed by atoms with van der Waals surface area (Å²) < 4.78 is 75.5. The Balaban J connectivity index is 3.76. The molecule has 10 heteroatoms. The molecule has 0 spiro atoms. The minimum atomic E-state index is -5.29. The second-order valence-corrected chi connectivity index (χ2v) is 3.69. The van der Waals surface area contributed by atoms with E-state index in [1.165, 1.54) is 0 Å². The lowest BCUT2D eigenvalue weighted by molar-refractivity contribution is -0.391. The highest BCUT2D eigenvalue weighted by Gasteiger charge is 2.46. The van der Waals surface area contributed by atoms with Crippen molar-refractivity contribution >= 4 is 17.3 Å². The van der Waals surface area contributed by atoms with Crippen molar-refractivity contribution in [2.45, 2.75) is 18.2 Å². The monoisotopic (exact) mass is 307 g/mol. The molecule has 0 unspecified atom stereocenters. The highest BCUT2D eigenvalue weighted by molar-refractivity contribution is 6.17. The van der Waals surface area contributed by atoms with Gasteiger partial charge in [-0.05, 0) is 17.7 Å². The summed E-state index contributed by atoms with van der Waals surface area (Å²) in [5, 5.41) is 10.5. The van der Waals surface area contributed by atoms with Crippen molar-refractivity contribution in [1.29, 1.82) is 0 Å². The number of hydrogen-bond donors (Lipinski definition) is 0. The number of nitro groups is 1. The zero-order valence-corrected chi connectivity index (χ0v) is 9.53. The van der Waals surface area contributed by atoms with Gasteiger partial charge in [-0.15, -0.1) is 11.6 Å². The lowest BCUT2D eigenvalue weighted by Gasteiger charge is -2.14. The lowest BCUT2D eigenvalue weighted by Crippen LogP contribution is -2.16. The molecule has 0 bridgehead atoms. The SMILES string of the molecule is O=[N+]([O-])c1c(C(F)(F)F)cc(CCl)cc1C(F)(F)F. The molecule has 0 aliphatic rings. The van der Waals surface area contributed by atoms with Gasteiger partial charge in [0.25, 0.3) is 5.69 Å². The Labute approximate surface area is 106 Å². The van der Waals surface area contributed by atoms with E-state index in [0.717, 1.165) is 0 Å². The predicted octanol–water partition coefficient (Wildman–Crippen LogP) is 4.37. The first-order valence-electron chi connectivity index (χ1n) is 4.50. The maximum absolute atomic E-state index is 12.6. The van der Waals surface area contributed by atoms with Crippen LogP contribution in [0.15, 0.2) is 12.1 Å². The maximum Gasteiger partial charge on any atom is 0.423 e. The fourth-order valence-electron chi connectivity index (χ4n) is 1.40. The van der Waals surface area contributed by atoms with Crippen molar-refractivity contribution in [2.75, 3.05) is 0 Å². The van der Waals surface area contributed by atoms with Gasteiger partial charge in [-0.25, -0.2) is 0 Å². The average Bonchev–Trinajstić information content (AvgIpc) is 2.24. The van der Waals surface area contributed by atoms with Crippen molar-refractivity contribution in [1.82, 2.24) is 0 Å². The minimum Gasteiger partial charge on any atom is -0.258 e. The lowest BCUT2D eigenvalue weighted by atomic mass is 10.0. The van der Waals surface area contributed by atoms with E-state index < -0.39 is 45.5 Å². The number of alkyl halides is 7. The van der Waals surface area contributed by atoms with E-state index in [-0.39, 0.29) is 12.1 Å². The van der Waals surface area contributed by atoms with Crippen molar-refractivity contribution in [3.05, 3.63) is 38.9 Å². The van der Waals surface area contributed by atoms with Gasteiger partial charge in [-0.2, -0.15) is 26.3 Å². The number of hydrogen-bond acceptors (Lipinski definition) is 2. The Morgan fingerprint density at radius 3 is 1.63 bits per heavy atom. The van der Waals surface area contributed by atoms with E-state index in [1.54, 1.807) is 0 Å². The summed E-state index contributed by atoms with van der Waals surface area (Å²) in [6, 6.07) is 0.473. The van der Waals surface area contributed by atoms with Crippen LogP contribution in [0, 0.1) is 10.1 Å². The molecule has 1 rings (SSSR count). The first kappa shape index (κ1) is 15.5. The summed E-state index contributed by atoms with van der Waals surface area (Å²) in [6.45, 7) is 0. The average molecular weight is 308 g/mol. The van der Waals surface area contributed by atoms with E-state index in [0.29, 0.717) is 0 Å². The van der Waals surface area contributed by atoms with Gasteiger partial charge < -0.3 is 0 Å². The Kier molecular flexibility index (Phi) is 3.99. The fraction of sp³-hybridized carbons (Fsp3) is 0.333. The summed E-state index contributed by atoms with van der Waals surface area (Å²) in [7, 11) is 0. The van der Waals surface area contributed by atoms with Crippen molar-refractivity contribution in [3.8, 4) is 0 Å². The number of halogens is 7. The quantitative estimate of drug-likeness (QED) is 0.352. The molecule has 1 aromatic rings. The van der Waals surface area contributed by atoms with E-state index in [2.05, 4.69) is 0 Å². The Morgan fingerprint density at radius 2 is 1.42 bits per heavy atom. The number of benzene rings is 1. The van der Waals surface area contributed by atoms with Gasteiger partial charge in [0.15, 0.2) is 0 Å². The van der Waals surface area contributed by atoms with E-state index in [1.807, 2.05) is 0 Å². The van der Waals surface area contributed by atoms with Gasteiger partial charge in [-0.3, -0.25) is 10.1 Å². The number of nitro benzene ring substituents is 1. The Morgan fingerprint density at radius 1 is 1.05 bits per heavy atom. The molecule has 0 heterocycles. The maximum atomic E-state index is 12.6. The molecular formula is C9H4ClF6NO2. The normalized spacial score (nSPS) is 12.6. The number of nitrogens with zero attached hydrogens (tertiary/aromatic N) is 1. The number of rotatable bonds is 2. The molecule has 0 saturated carbocycles. The highest BCUT2D eigenvalue weighted by atomic mass is 35.5. The Hall–Kier alpha value is -1.51. The van der Waals surface area contributed by atoms with Gasteiger partial charge in [0, 0.05) is 5.88 Å². The van der Waals surface area contributed by atoms with Crippen molar-refractivity contribution in [2.24, 2.45) is 0 Å². The summed E-state index contributed by atoms with van der Waals surface area (Å²) in [5.41, 5.74) is -6.47. The molecule has 0 fully saturated rings. The van der Waals surface area contributed by atoms with E-state index in [4.69, 9.17) is 11.6 Å². The third kappa shape index (κ3) is 3.28. The zero-order valence-electron chi connectivity index (χ0n) is 8.77. The van der Waals surface area contributed by atoms with Gasteiger partial charge in [0.1, 0.15) is 11.1 Å². The van der Waals surface area contributed by atoms with E-state index in [9.17, 15) is 36.5 Å². The first-order chi connectivity index (χ1) is 8.48. The van der Waals surface area contributed by atoms with Crippen LogP contribution in [0.3, 0.4) is 0 Å². The summed E-state index contributed by atoms with van der Waals surface area (Å²) in [5.74, 6) is -0.635. The minimum absolute atomic E-state index is 0.236. The van der Waals surface area contributed by atoms with Gasteiger partial charge >= 0.3 is 12.4 Å². The van der Waals surface area contributed by atoms with Crippen LogP contribution in [-0.2, 0) is 18.2 Å². The highest BCUT2D eigenvalue weighted by Crippen LogP contribution is 2.44. The van der Waals surface area contributed by atoms with Crippen LogP contribution < -0.4 is 0 Å². The van der Waals surface area contributed by atoms with Crippen molar-refractivity contribution < 1.29 is 31.3 Å². The smallest absolute Gasteiger partial charge is 0.258 e. The summed E-state index contributed by atoms with van der Waals surface area (Å²) in [4.78, 5) is 8.80. The van der Waals surface area contributed by atoms with Gasteiger partial charge in [0.2, 0.25) is 0 Å².